The highest BCUT2D eigenvalue weighted by molar-refractivity contribution is 6.31. The number of nitrogens with zero attached hydrogens (tertiary/aromatic N) is 1. The molecule has 4 nitrogen and oxygen atoms in total. The van der Waals surface area contributed by atoms with Crippen molar-refractivity contribution in [2.24, 2.45) is 0 Å². The lowest BCUT2D eigenvalue weighted by Crippen LogP contribution is -2.21. The number of hydrogen-bond acceptors (Lipinski definition) is 3. The third kappa shape index (κ3) is 2.27. The minimum absolute atomic E-state index is 0.0636. The van der Waals surface area contributed by atoms with Gasteiger partial charge in [0.1, 0.15) is 5.56 Å². The summed E-state index contributed by atoms with van der Waals surface area (Å²) in [6.07, 6.45) is 2.78. The van der Waals surface area contributed by atoms with Crippen molar-refractivity contribution in [2.45, 2.75) is 25.8 Å². The van der Waals surface area contributed by atoms with E-state index in [1.165, 1.54) is 10.8 Å². The van der Waals surface area contributed by atoms with E-state index < -0.39 is 28.1 Å². The number of fused-ring (bicyclic) bond motifs is 1. The van der Waals surface area contributed by atoms with E-state index in [9.17, 15) is 18.4 Å². The highest BCUT2D eigenvalue weighted by atomic mass is 35.5. The number of aromatic nitrogens is 1. The number of ether oxygens (including phenoxy) is 1. The molecule has 1 aliphatic carbocycles. The second-order valence-corrected chi connectivity index (χ2v) is 5.52. The monoisotopic (exact) mass is 327 g/mol. The minimum atomic E-state index is -1.20. The predicted molar refractivity (Wildman–Crippen MR) is 77.4 cm³/mol. The van der Waals surface area contributed by atoms with E-state index in [-0.39, 0.29) is 29.1 Å². The van der Waals surface area contributed by atoms with Crippen LogP contribution in [-0.4, -0.2) is 17.1 Å². The number of esters is 1. The summed E-state index contributed by atoms with van der Waals surface area (Å²) in [6, 6.07) is 0.991. The summed E-state index contributed by atoms with van der Waals surface area (Å²) in [5.74, 6) is -3.17. The van der Waals surface area contributed by atoms with E-state index >= 15 is 0 Å². The Hall–Kier alpha value is -1.95. The summed E-state index contributed by atoms with van der Waals surface area (Å²) in [5, 5.41) is -0.619. The molecule has 2 aromatic rings. The van der Waals surface area contributed by atoms with Crippen LogP contribution in [0.4, 0.5) is 8.78 Å². The van der Waals surface area contributed by atoms with Crippen LogP contribution in [0.15, 0.2) is 17.1 Å². The molecule has 0 spiro atoms. The molecule has 0 atom stereocenters. The van der Waals surface area contributed by atoms with Gasteiger partial charge in [-0.1, -0.05) is 11.6 Å². The summed E-state index contributed by atoms with van der Waals surface area (Å²) in [7, 11) is 0. The van der Waals surface area contributed by atoms with Crippen LogP contribution in [0.5, 0.6) is 0 Å². The number of carbonyl (C=O) groups excluding carboxylic acids is 1. The van der Waals surface area contributed by atoms with E-state index in [0.29, 0.717) is 0 Å². The van der Waals surface area contributed by atoms with Crippen molar-refractivity contribution in [1.82, 2.24) is 4.57 Å². The molecular weight excluding hydrogens is 316 g/mol. The lowest BCUT2D eigenvalue weighted by Gasteiger charge is -2.13. The second kappa shape index (κ2) is 5.35. The molecule has 7 heteroatoms. The van der Waals surface area contributed by atoms with E-state index in [0.717, 1.165) is 18.9 Å². The average molecular weight is 328 g/mol. The Labute approximate surface area is 129 Å². The molecule has 0 amide bonds. The van der Waals surface area contributed by atoms with Crippen LogP contribution in [0.1, 0.15) is 36.2 Å². The quantitative estimate of drug-likeness (QED) is 0.641. The Bertz CT molecular complexity index is 843. The fourth-order valence-electron chi connectivity index (χ4n) is 2.41. The fourth-order valence-corrected chi connectivity index (χ4v) is 2.61. The van der Waals surface area contributed by atoms with Gasteiger partial charge in [-0.3, -0.25) is 4.79 Å². The van der Waals surface area contributed by atoms with Crippen LogP contribution in [0.2, 0.25) is 5.02 Å². The maximum absolute atomic E-state index is 14.2. The van der Waals surface area contributed by atoms with Crippen LogP contribution < -0.4 is 5.43 Å². The molecule has 1 aromatic carbocycles. The Kier molecular flexibility index (Phi) is 3.64. The van der Waals surface area contributed by atoms with Crippen LogP contribution in [-0.2, 0) is 4.74 Å². The van der Waals surface area contributed by atoms with Gasteiger partial charge in [0.25, 0.3) is 0 Å². The van der Waals surface area contributed by atoms with Gasteiger partial charge in [-0.15, -0.1) is 0 Å². The second-order valence-electron chi connectivity index (χ2n) is 5.11. The Morgan fingerprint density at radius 3 is 2.68 bits per heavy atom. The van der Waals surface area contributed by atoms with Gasteiger partial charge in [0.15, 0.2) is 11.6 Å². The van der Waals surface area contributed by atoms with E-state index in [1.807, 2.05) is 0 Å². The van der Waals surface area contributed by atoms with Crippen LogP contribution >= 0.6 is 11.6 Å². The molecule has 0 radical (unpaired) electrons. The molecule has 3 rings (SSSR count). The van der Waals surface area contributed by atoms with Crippen LogP contribution in [0, 0.1) is 11.6 Å². The maximum Gasteiger partial charge on any atom is 0.343 e. The standard InChI is InChI=1S/C15H12ClF2NO3/c1-2-22-15(21)9-6-19(7-3-4-7)13-8(14(9)20)5-10(16)11(17)12(13)18/h5-7H,2-4H2,1H3. The van der Waals surface area contributed by atoms with Crippen LogP contribution in [0.25, 0.3) is 10.9 Å². The van der Waals surface area contributed by atoms with Gasteiger partial charge in [0.2, 0.25) is 5.43 Å². The first-order chi connectivity index (χ1) is 10.5. The number of carbonyl (C=O) groups is 1. The molecule has 0 N–H and O–H groups in total. The van der Waals surface area contributed by atoms with Gasteiger partial charge in [0, 0.05) is 12.2 Å². The highest BCUT2D eigenvalue weighted by Crippen LogP contribution is 2.38. The van der Waals surface area contributed by atoms with Gasteiger partial charge >= 0.3 is 5.97 Å². The molecule has 0 aliphatic heterocycles. The first-order valence-electron chi connectivity index (χ1n) is 6.85. The van der Waals surface area contributed by atoms with Gasteiger partial charge < -0.3 is 9.30 Å². The molecule has 0 bridgehead atoms. The topological polar surface area (TPSA) is 48.3 Å². The van der Waals surface area contributed by atoms with Crippen molar-refractivity contribution in [1.29, 1.82) is 0 Å². The smallest absolute Gasteiger partial charge is 0.343 e. The van der Waals surface area contributed by atoms with Gasteiger partial charge in [-0.25, -0.2) is 13.6 Å². The van der Waals surface area contributed by atoms with Crippen molar-refractivity contribution in [3.8, 4) is 0 Å². The van der Waals surface area contributed by atoms with E-state index in [2.05, 4.69) is 0 Å². The van der Waals surface area contributed by atoms with Gasteiger partial charge in [0.05, 0.1) is 22.5 Å². The number of rotatable bonds is 3. The first kappa shape index (κ1) is 15.0. The zero-order chi connectivity index (χ0) is 16.0. The zero-order valence-electron chi connectivity index (χ0n) is 11.7. The lowest BCUT2D eigenvalue weighted by atomic mass is 10.1. The van der Waals surface area contributed by atoms with Crippen molar-refractivity contribution in [3.63, 3.8) is 0 Å². The van der Waals surface area contributed by atoms with E-state index in [4.69, 9.17) is 16.3 Å². The molecular formula is C15H12ClF2NO3. The number of hydrogen-bond donors (Lipinski definition) is 0. The maximum atomic E-state index is 14.2. The number of pyridine rings is 1. The highest BCUT2D eigenvalue weighted by Gasteiger charge is 2.29. The Morgan fingerprint density at radius 2 is 2.09 bits per heavy atom. The van der Waals surface area contributed by atoms with Gasteiger partial charge in [-0.05, 0) is 25.8 Å². The molecule has 1 saturated carbocycles. The molecule has 22 heavy (non-hydrogen) atoms. The van der Waals surface area contributed by atoms with Crippen molar-refractivity contribution in [3.05, 3.63) is 44.7 Å². The van der Waals surface area contributed by atoms with Crippen molar-refractivity contribution >= 4 is 28.5 Å². The number of halogens is 3. The summed E-state index contributed by atoms with van der Waals surface area (Å²) < 4.78 is 34.2. The first-order valence-corrected chi connectivity index (χ1v) is 7.23. The average Bonchev–Trinajstić information content (AvgIpc) is 3.30. The normalized spacial score (nSPS) is 14.4. The summed E-state index contributed by atoms with van der Waals surface area (Å²) in [4.78, 5) is 24.3. The van der Waals surface area contributed by atoms with Crippen molar-refractivity contribution < 1.29 is 18.3 Å². The molecule has 1 aliphatic rings. The summed E-state index contributed by atoms with van der Waals surface area (Å²) >= 11 is 5.63. The number of benzene rings is 1. The minimum Gasteiger partial charge on any atom is -0.462 e. The molecule has 116 valence electrons. The largest absolute Gasteiger partial charge is 0.462 e. The Morgan fingerprint density at radius 1 is 1.41 bits per heavy atom. The molecule has 1 aromatic heterocycles. The zero-order valence-corrected chi connectivity index (χ0v) is 12.4. The molecule has 0 saturated heterocycles. The fraction of sp³-hybridized carbons (Fsp3) is 0.333. The summed E-state index contributed by atoms with van der Waals surface area (Å²) in [6.45, 7) is 1.72. The Balaban J connectivity index is 2.38. The third-order valence-corrected chi connectivity index (χ3v) is 3.86. The third-order valence-electron chi connectivity index (χ3n) is 3.59. The lowest BCUT2D eigenvalue weighted by molar-refractivity contribution is 0.0524. The SMILES string of the molecule is CCOC(=O)c1cn(C2CC2)c2c(F)c(F)c(Cl)cc2c1=O. The molecule has 0 unspecified atom stereocenters. The van der Waals surface area contributed by atoms with Gasteiger partial charge in [-0.2, -0.15) is 0 Å². The van der Waals surface area contributed by atoms with E-state index in [1.54, 1.807) is 6.92 Å². The summed E-state index contributed by atoms with van der Waals surface area (Å²) in [5.41, 5.74) is -1.09. The predicted octanol–water partition coefficient (Wildman–Crippen LogP) is 3.44. The van der Waals surface area contributed by atoms with Crippen molar-refractivity contribution in [2.75, 3.05) is 6.61 Å². The molecule has 1 heterocycles. The van der Waals surface area contributed by atoms with Crippen LogP contribution in [0.3, 0.4) is 0 Å². The molecule has 1 fully saturated rings.